The Morgan fingerprint density at radius 2 is 1.83 bits per heavy atom. The van der Waals surface area contributed by atoms with Crippen molar-refractivity contribution in [3.63, 3.8) is 0 Å². The average Bonchev–Trinajstić information content (AvgIpc) is 2.79. The molecular weight excluding hydrogens is 297 g/mol. The number of guanidine groups is 1. The van der Waals surface area contributed by atoms with Crippen molar-refractivity contribution in [1.82, 2.24) is 0 Å². The molecule has 2 aromatic rings. The molecule has 0 fully saturated rings. The summed E-state index contributed by atoms with van der Waals surface area (Å²) >= 11 is 0. The second-order valence-electron chi connectivity index (χ2n) is 5.16. The molecule has 0 amide bonds. The third kappa shape index (κ3) is 4.12. The van der Waals surface area contributed by atoms with E-state index in [1.807, 2.05) is 18.2 Å². The zero-order valence-corrected chi connectivity index (χ0v) is 12.6. The van der Waals surface area contributed by atoms with Gasteiger partial charge >= 0.3 is 0 Å². The summed E-state index contributed by atoms with van der Waals surface area (Å²) in [6.07, 6.45) is 0.860. The largest absolute Gasteiger partial charge is 0.490 e. The molecule has 120 valence electrons. The van der Waals surface area contributed by atoms with Gasteiger partial charge in [0.2, 0.25) is 0 Å². The number of rotatable bonds is 3. The van der Waals surface area contributed by atoms with E-state index in [9.17, 15) is 4.39 Å². The first-order valence-electron chi connectivity index (χ1n) is 7.42. The number of fused-ring (bicyclic) bond motifs is 1. The van der Waals surface area contributed by atoms with Gasteiger partial charge in [-0.2, -0.15) is 0 Å². The minimum absolute atomic E-state index is 0.268. The highest BCUT2D eigenvalue weighted by Gasteiger charge is 2.10. The first-order valence-corrected chi connectivity index (χ1v) is 7.42. The Morgan fingerprint density at radius 3 is 2.61 bits per heavy atom. The van der Waals surface area contributed by atoms with Gasteiger partial charge in [0.15, 0.2) is 17.5 Å². The molecule has 3 rings (SSSR count). The number of nitrogens with zero attached hydrogens (tertiary/aromatic N) is 1. The van der Waals surface area contributed by atoms with Gasteiger partial charge < -0.3 is 20.5 Å². The summed E-state index contributed by atoms with van der Waals surface area (Å²) in [6, 6.07) is 11.7. The lowest BCUT2D eigenvalue weighted by Gasteiger charge is -2.10. The van der Waals surface area contributed by atoms with Crippen LogP contribution in [0.1, 0.15) is 12.0 Å². The molecule has 0 saturated heterocycles. The van der Waals surface area contributed by atoms with Crippen molar-refractivity contribution in [3.8, 4) is 11.5 Å². The molecule has 0 radical (unpaired) electrons. The van der Waals surface area contributed by atoms with Crippen molar-refractivity contribution < 1.29 is 13.9 Å². The highest BCUT2D eigenvalue weighted by molar-refractivity contribution is 5.92. The van der Waals surface area contributed by atoms with E-state index < -0.39 is 0 Å². The summed E-state index contributed by atoms with van der Waals surface area (Å²) in [4.78, 5) is 4.24. The van der Waals surface area contributed by atoms with Crippen LogP contribution in [0.3, 0.4) is 0 Å². The maximum absolute atomic E-state index is 12.8. The molecular formula is C17H18FN3O2. The van der Waals surface area contributed by atoms with Gasteiger partial charge in [0.05, 0.1) is 19.8 Å². The molecule has 6 heteroatoms. The maximum atomic E-state index is 12.8. The van der Waals surface area contributed by atoms with Crippen LogP contribution in [0.4, 0.5) is 10.1 Å². The fraction of sp³-hybridized carbons (Fsp3) is 0.235. The van der Waals surface area contributed by atoms with Gasteiger partial charge in [-0.25, -0.2) is 9.38 Å². The number of hydrogen-bond donors (Lipinski definition) is 2. The van der Waals surface area contributed by atoms with E-state index >= 15 is 0 Å². The Balaban J connectivity index is 1.65. The van der Waals surface area contributed by atoms with E-state index in [4.69, 9.17) is 15.2 Å². The summed E-state index contributed by atoms with van der Waals surface area (Å²) < 4.78 is 24.1. The van der Waals surface area contributed by atoms with Crippen molar-refractivity contribution in [2.75, 3.05) is 18.5 Å². The van der Waals surface area contributed by atoms with Crippen LogP contribution in [-0.2, 0) is 6.54 Å². The lowest BCUT2D eigenvalue weighted by Crippen LogP contribution is -2.22. The number of hydrogen-bond acceptors (Lipinski definition) is 3. The predicted molar refractivity (Wildman–Crippen MR) is 87.4 cm³/mol. The SMILES string of the molecule is NC(=NCc1ccc(F)cc1)Nc1ccc2c(c1)OCCCO2. The topological polar surface area (TPSA) is 68.9 Å². The first-order chi connectivity index (χ1) is 11.2. The third-order valence-corrected chi connectivity index (χ3v) is 3.37. The molecule has 3 N–H and O–H groups in total. The molecule has 0 unspecified atom stereocenters. The summed E-state index contributed by atoms with van der Waals surface area (Å²) in [5.74, 6) is 1.44. The van der Waals surface area contributed by atoms with Gasteiger partial charge in [-0.3, -0.25) is 0 Å². The second-order valence-corrected chi connectivity index (χ2v) is 5.16. The number of anilines is 1. The number of halogens is 1. The van der Waals surface area contributed by atoms with E-state index in [2.05, 4.69) is 10.3 Å². The molecule has 1 heterocycles. The number of nitrogens with two attached hydrogens (primary N) is 1. The predicted octanol–water partition coefficient (Wildman–Crippen LogP) is 2.91. The minimum Gasteiger partial charge on any atom is -0.490 e. The van der Waals surface area contributed by atoms with Crippen LogP contribution >= 0.6 is 0 Å². The molecule has 0 atom stereocenters. The third-order valence-electron chi connectivity index (χ3n) is 3.37. The van der Waals surface area contributed by atoms with Gasteiger partial charge in [0.1, 0.15) is 5.82 Å². The van der Waals surface area contributed by atoms with E-state index in [0.29, 0.717) is 25.5 Å². The Morgan fingerprint density at radius 1 is 1.09 bits per heavy atom. The fourth-order valence-corrected chi connectivity index (χ4v) is 2.19. The van der Waals surface area contributed by atoms with Crippen LogP contribution < -0.4 is 20.5 Å². The normalized spacial score (nSPS) is 14.2. The summed E-state index contributed by atoms with van der Waals surface area (Å²) in [5, 5.41) is 3.01. The van der Waals surface area contributed by atoms with Gasteiger partial charge in [-0.1, -0.05) is 12.1 Å². The van der Waals surface area contributed by atoms with Crippen LogP contribution in [0, 0.1) is 5.82 Å². The first kappa shape index (κ1) is 15.1. The molecule has 0 saturated carbocycles. The molecule has 0 bridgehead atoms. The smallest absolute Gasteiger partial charge is 0.193 e. The van der Waals surface area contributed by atoms with Crippen LogP contribution in [0.25, 0.3) is 0 Å². The average molecular weight is 315 g/mol. The summed E-state index contributed by atoms with van der Waals surface area (Å²) in [7, 11) is 0. The molecule has 1 aliphatic heterocycles. The Labute approximate surface area is 133 Å². The molecule has 5 nitrogen and oxygen atoms in total. The van der Waals surface area contributed by atoms with Gasteiger partial charge in [-0.05, 0) is 29.8 Å². The van der Waals surface area contributed by atoms with E-state index in [0.717, 1.165) is 23.4 Å². The number of nitrogens with one attached hydrogen (secondary N) is 1. The molecule has 23 heavy (non-hydrogen) atoms. The molecule has 0 spiro atoms. The zero-order valence-electron chi connectivity index (χ0n) is 12.6. The van der Waals surface area contributed by atoms with Crippen LogP contribution in [0.15, 0.2) is 47.5 Å². The molecule has 1 aliphatic rings. The Bertz CT molecular complexity index is 701. The highest BCUT2D eigenvalue weighted by atomic mass is 19.1. The van der Waals surface area contributed by atoms with E-state index in [-0.39, 0.29) is 11.8 Å². The van der Waals surface area contributed by atoms with Gasteiger partial charge in [-0.15, -0.1) is 0 Å². The Kier molecular flexibility index (Phi) is 4.61. The standard InChI is InChI=1S/C17H18FN3O2/c18-13-4-2-12(3-5-13)11-20-17(19)21-14-6-7-15-16(10-14)23-9-1-8-22-15/h2-7,10H,1,8-9,11H2,(H3,19,20,21). The van der Waals surface area contributed by atoms with Crippen molar-refractivity contribution in [1.29, 1.82) is 0 Å². The van der Waals surface area contributed by atoms with Crippen molar-refractivity contribution in [2.24, 2.45) is 10.7 Å². The summed E-state index contributed by atoms with van der Waals surface area (Å²) in [6.45, 7) is 1.66. The molecule has 0 aromatic heterocycles. The summed E-state index contributed by atoms with van der Waals surface area (Å²) in [5.41, 5.74) is 7.54. The monoisotopic (exact) mass is 315 g/mol. The van der Waals surface area contributed by atoms with Crippen molar-refractivity contribution >= 4 is 11.6 Å². The van der Waals surface area contributed by atoms with Crippen LogP contribution in [0.2, 0.25) is 0 Å². The van der Waals surface area contributed by atoms with Crippen LogP contribution in [0.5, 0.6) is 11.5 Å². The molecule has 2 aromatic carbocycles. The van der Waals surface area contributed by atoms with E-state index in [1.54, 1.807) is 12.1 Å². The lowest BCUT2D eigenvalue weighted by atomic mass is 10.2. The fourth-order valence-electron chi connectivity index (χ4n) is 2.19. The lowest BCUT2D eigenvalue weighted by molar-refractivity contribution is 0.297. The quantitative estimate of drug-likeness (QED) is 0.675. The molecule has 0 aliphatic carbocycles. The Hall–Kier alpha value is -2.76. The number of aliphatic imine (C=N–C) groups is 1. The second kappa shape index (κ2) is 7.00. The number of benzene rings is 2. The van der Waals surface area contributed by atoms with Gasteiger partial charge in [0, 0.05) is 18.2 Å². The van der Waals surface area contributed by atoms with Crippen molar-refractivity contribution in [2.45, 2.75) is 13.0 Å². The maximum Gasteiger partial charge on any atom is 0.193 e. The van der Waals surface area contributed by atoms with Gasteiger partial charge in [0.25, 0.3) is 0 Å². The number of ether oxygens (including phenoxy) is 2. The van der Waals surface area contributed by atoms with Crippen molar-refractivity contribution in [3.05, 3.63) is 53.8 Å². The minimum atomic E-state index is -0.268. The van der Waals surface area contributed by atoms with Crippen LogP contribution in [-0.4, -0.2) is 19.2 Å². The highest BCUT2D eigenvalue weighted by Crippen LogP contribution is 2.32. The van der Waals surface area contributed by atoms with E-state index in [1.165, 1.54) is 12.1 Å². The zero-order chi connectivity index (χ0) is 16.1.